The molecule has 54 valence electrons. The first-order chi connectivity index (χ1) is 4.11. The van der Waals surface area contributed by atoms with Gasteiger partial charge in [-0.1, -0.05) is 0 Å². The van der Waals surface area contributed by atoms with Gasteiger partial charge in [-0.25, -0.2) is 0 Å². The van der Waals surface area contributed by atoms with Crippen LogP contribution in [-0.2, 0) is 0 Å². The zero-order chi connectivity index (χ0) is 6.91. The van der Waals surface area contributed by atoms with Gasteiger partial charge in [0.1, 0.15) is 5.72 Å². The summed E-state index contributed by atoms with van der Waals surface area (Å²) < 4.78 is 0. The van der Waals surface area contributed by atoms with E-state index in [1.165, 1.54) is 0 Å². The maximum Gasteiger partial charge on any atom is 0.126 e. The molecule has 0 spiro atoms. The molecule has 1 fully saturated rings. The van der Waals surface area contributed by atoms with Gasteiger partial charge in [-0.05, 0) is 26.3 Å². The Hall–Kier alpha value is -0.120. The first-order valence-corrected chi connectivity index (χ1v) is 3.35. The molecule has 3 heteroatoms. The standard InChI is InChI=1S/C6H14N2O/c1-6(7,9)5-3-2-4-8-5/h5,8-9H,2-4,7H2,1H3/t5-,6?/m1/s1. The van der Waals surface area contributed by atoms with Gasteiger partial charge in [0.25, 0.3) is 0 Å². The van der Waals surface area contributed by atoms with Gasteiger partial charge < -0.3 is 16.2 Å². The summed E-state index contributed by atoms with van der Waals surface area (Å²) in [5, 5.41) is 12.4. The molecule has 1 heterocycles. The van der Waals surface area contributed by atoms with Crippen LogP contribution in [-0.4, -0.2) is 23.4 Å². The summed E-state index contributed by atoms with van der Waals surface area (Å²) in [7, 11) is 0. The second-order valence-electron chi connectivity index (χ2n) is 2.87. The fraction of sp³-hybridized carbons (Fsp3) is 1.00. The Bertz CT molecular complexity index is 91.7. The average molecular weight is 130 g/mol. The van der Waals surface area contributed by atoms with Crippen molar-refractivity contribution in [1.82, 2.24) is 5.32 Å². The molecule has 9 heavy (non-hydrogen) atoms. The number of rotatable bonds is 1. The normalized spacial score (nSPS) is 34.3. The first-order valence-electron chi connectivity index (χ1n) is 3.35. The third kappa shape index (κ3) is 1.64. The van der Waals surface area contributed by atoms with Crippen molar-refractivity contribution in [2.75, 3.05) is 6.54 Å². The third-order valence-corrected chi connectivity index (χ3v) is 1.77. The zero-order valence-corrected chi connectivity index (χ0v) is 5.72. The molecule has 0 aromatic carbocycles. The van der Waals surface area contributed by atoms with Crippen LogP contribution < -0.4 is 11.1 Å². The van der Waals surface area contributed by atoms with Crippen LogP contribution in [0.1, 0.15) is 19.8 Å². The first kappa shape index (κ1) is 6.99. The summed E-state index contributed by atoms with van der Waals surface area (Å²) in [5.74, 6) is 0. The number of hydrogen-bond acceptors (Lipinski definition) is 3. The molecule has 1 rings (SSSR count). The van der Waals surface area contributed by atoms with E-state index in [1.807, 2.05) is 0 Å². The van der Waals surface area contributed by atoms with E-state index in [0.29, 0.717) is 0 Å². The van der Waals surface area contributed by atoms with Gasteiger partial charge >= 0.3 is 0 Å². The summed E-state index contributed by atoms with van der Waals surface area (Å²) in [6.07, 6.45) is 2.11. The molecular formula is C6H14N2O. The summed E-state index contributed by atoms with van der Waals surface area (Å²) in [5.41, 5.74) is 4.40. The molecular weight excluding hydrogens is 116 g/mol. The third-order valence-electron chi connectivity index (χ3n) is 1.77. The molecule has 0 aromatic rings. The number of hydrogen-bond donors (Lipinski definition) is 3. The Labute approximate surface area is 55.2 Å². The van der Waals surface area contributed by atoms with Crippen LogP contribution in [0.25, 0.3) is 0 Å². The van der Waals surface area contributed by atoms with Crippen molar-refractivity contribution in [2.45, 2.75) is 31.5 Å². The number of aliphatic hydroxyl groups is 1. The smallest absolute Gasteiger partial charge is 0.126 e. The second kappa shape index (κ2) is 2.25. The predicted octanol–water partition coefficient (Wildman–Crippen LogP) is -0.594. The predicted molar refractivity (Wildman–Crippen MR) is 35.8 cm³/mol. The fourth-order valence-corrected chi connectivity index (χ4v) is 1.18. The lowest BCUT2D eigenvalue weighted by atomic mass is 10.1. The minimum Gasteiger partial charge on any atom is -0.375 e. The van der Waals surface area contributed by atoms with Gasteiger partial charge in [0.15, 0.2) is 0 Å². The van der Waals surface area contributed by atoms with E-state index in [4.69, 9.17) is 5.73 Å². The molecule has 1 unspecified atom stereocenters. The molecule has 0 radical (unpaired) electrons. The van der Waals surface area contributed by atoms with E-state index in [-0.39, 0.29) is 6.04 Å². The summed E-state index contributed by atoms with van der Waals surface area (Å²) in [6, 6.07) is 0.0949. The van der Waals surface area contributed by atoms with Gasteiger partial charge in [0.05, 0.1) is 0 Å². The van der Waals surface area contributed by atoms with Crippen LogP contribution in [0.5, 0.6) is 0 Å². The van der Waals surface area contributed by atoms with E-state index in [2.05, 4.69) is 5.32 Å². The molecule has 0 amide bonds. The second-order valence-corrected chi connectivity index (χ2v) is 2.87. The van der Waals surface area contributed by atoms with Crippen LogP contribution in [0, 0.1) is 0 Å². The topological polar surface area (TPSA) is 58.3 Å². The highest BCUT2D eigenvalue weighted by Gasteiger charge is 2.29. The highest BCUT2D eigenvalue weighted by molar-refractivity contribution is 4.86. The molecule has 1 saturated heterocycles. The van der Waals surface area contributed by atoms with E-state index < -0.39 is 5.72 Å². The minimum atomic E-state index is -1.03. The van der Waals surface area contributed by atoms with E-state index in [1.54, 1.807) is 6.92 Å². The van der Waals surface area contributed by atoms with Crippen LogP contribution in [0.4, 0.5) is 0 Å². The number of nitrogens with two attached hydrogens (primary N) is 1. The van der Waals surface area contributed by atoms with Crippen molar-refractivity contribution in [1.29, 1.82) is 0 Å². The fourth-order valence-electron chi connectivity index (χ4n) is 1.18. The van der Waals surface area contributed by atoms with Crippen molar-refractivity contribution in [3.8, 4) is 0 Å². The molecule has 2 atom stereocenters. The maximum atomic E-state index is 9.23. The molecule has 0 aromatic heterocycles. The molecule has 3 nitrogen and oxygen atoms in total. The van der Waals surface area contributed by atoms with Crippen molar-refractivity contribution < 1.29 is 5.11 Å². The molecule has 4 N–H and O–H groups in total. The Morgan fingerprint density at radius 1 is 1.78 bits per heavy atom. The summed E-state index contributed by atoms with van der Waals surface area (Å²) in [6.45, 7) is 2.62. The van der Waals surface area contributed by atoms with Crippen molar-refractivity contribution in [3.63, 3.8) is 0 Å². The van der Waals surface area contributed by atoms with Gasteiger partial charge in [0, 0.05) is 6.04 Å². The Morgan fingerprint density at radius 2 is 2.44 bits per heavy atom. The molecule has 0 bridgehead atoms. The Kier molecular flexibility index (Phi) is 1.75. The maximum absolute atomic E-state index is 9.23. The van der Waals surface area contributed by atoms with Gasteiger partial charge in [-0.3, -0.25) is 0 Å². The summed E-state index contributed by atoms with van der Waals surface area (Å²) >= 11 is 0. The minimum absolute atomic E-state index is 0.0949. The summed E-state index contributed by atoms with van der Waals surface area (Å²) in [4.78, 5) is 0. The lowest BCUT2D eigenvalue weighted by molar-refractivity contribution is 0.0324. The van der Waals surface area contributed by atoms with Crippen LogP contribution >= 0.6 is 0 Å². The highest BCUT2D eigenvalue weighted by Crippen LogP contribution is 2.13. The van der Waals surface area contributed by atoms with Gasteiger partial charge in [-0.2, -0.15) is 0 Å². The Balaban J connectivity index is 2.42. The van der Waals surface area contributed by atoms with Crippen LogP contribution in [0.3, 0.4) is 0 Å². The number of nitrogens with one attached hydrogen (secondary N) is 1. The Morgan fingerprint density at radius 3 is 2.67 bits per heavy atom. The van der Waals surface area contributed by atoms with Crippen molar-refractivity contribution in [2.24, 2.45) is 5.73 Å². The molecule has 1 aliphatic rings. The zero-order valence-electron chi connectivity index (χ0n) is 5.72. The largest absolute Gasteiger partial charge is 0.375 e. The quantitative estimate of drug-likeness (QED) is 0.416. The average Bonchev–Trinajstić information content (AvgIpc) is 2.08. The lowest BCUT2D eigenvalue weighted by Crippen LogP contribution is -2.52. The highest BCUT2D eigenvalue weighted by atomic mass is 16.3. The van der Waals surface area contributed by atoms with E-state index in [9.17, 15) is 5.11 Å². The van der Waals surface area contributed by atoms with E-state index in [0.717, 1.165) is 19.4 Å². The van der Waals surface area contributed by atoms with E-state index >= 15 is 0 Å². The van der Waals surface area contributed by atoms with Gasteiger partial charge in [-0.15, -0.1) is 0 Å². The van der Waals surface area contributed by atoms with Crippen LogP contribution in [0.15, 0.2) is 0 Å². The van der Waals surface area contributed by atoms with Crippen LogP contribution in [0.2, 0.25) is 0 Å². The monoisotopic (exact) mass is 130 g/mol. The van der Waals surface area contributed by atoms with Gasteiger partial charge in [0.2, 0.25) is 0 Å². The molecule has 0 saturated carbocycles. The molecule has 1 aliphatic heterocycles. The van der Waals surface area contributed by atoms with Crippen molar-refractivity contribution in [3.05, 3.63) is 0 Å². The molecule has 0 aliphatic carbocycles. The van der Waals surface area contributed by atoms with Crippen molar-refractivity contribution >= 4 is 0 Å². The lowest BCUT2D eigenvalue weighted by Gasteiger charge is -2.24. The SMILES string of the molecule is CC(N)(O)[C@H]1CCCN1.